The van der Waals surface area contributed by atoms with Gasteiger partial charge in [-0.05, 0) is 25.6 Å². The summed E-state index contributed by atoms with van der Waals surface area (Å²) in [5, 5.41) is 14.9. The van der Waals surface area contributed by atoms with Crippen LogP contribution in [0, 0.1) is 0 Å². The molecule has 1 heterocycles. The lowest BCUT2D eigenvalue weighted by Crippen LogP contribution is -2.46. The van der Waals surface area contributed by atoms with Crippen molar-refractivity contribution in [3.8, 4) is 0 Å². The first kappa shape index (κ1) is 15.7. The number of aliphatic carboxylic acids is 1. The standard InChI is InChI=1S/C14H19N3O3S/c1-9-17(12(8-21-9)13(18)19)14(20)16-11-6-4-3-5-10(11)7-15-2/h3-6,9,12,15H,7-8H2,1-2H3,(H,16,20)(H,18,19). The molecule has 114 valence electrons. The van der Waals surface area contributed by atoms with E-state index in [1.807, 2.05) is 38.2 Å². The number of rotatable bonds is 4. The van der Waals surface area contributed by atoms with E-state index < -0.39 is 12.0 Å². The van der Waals surface area contributed by atoms with Gasteiger partial charge in [0.2, 0.25) is 0 Å². The first-order valence-corrected chi connectivity index (χ1v) is 7.75. The summed E-state index contributed by atoms with van der Waals surface area (Å²) in [6.45, 7) is 2.47. The number of para-hydroxylation sites is 1. The number of carbonyl (C=O) groups is 2. The van der Waals surface area contributed by atoms with Gasteiger partial charge < -0.3 is 15.7 Å². The van der Waals surface area contributed by atoms with Crippen molar-refractivity contribution in [1.82, 2.24) is 10.2 Å². The van der Waals surface area contributed by atoms with E-state index in [4.69, 9.17) is 0 Å². The molecule has 21 heavy (non-hydrogen) atoms. The van der Waals surface area contributed by atoms with E-state index in [9.17, 15) is 14.7 Å². The number of urea groups is 1. The molecule has 1 aromatic carbocycles. The normalized spacial score (nSPS) is 21.3. The van der Waals surface area contributed by atoms with Gasteiger partial charge in [0, 0.05) is 18.0 Å². The molecule has 2 rings (SSSR count). The number of nitrogens with one attached hydrogen (secondary N) is 2. The van der Waals surface area contributed by atoms with Crippen LogP contribution >= 0.6 is 11.8 Å². The highest BCUT2D eigenvalue weighted by atomic mass is 32.2. The van der Waals surface area contributed by atoms with E-state index in [0.29, 0.717) is 18.0 Å². The second-order valence-electron chi connectivity index (χ2n) is 4.81. The van der Waals surface area contributed by atoms with Crippen LogP contribution < -0.4 is 10.6 Å². The van der Waals surface area contributed by atoms with Crippen molar-refractivity contribution in [2.24, 2.45) is 0 Å². The smallest absolute Gasteiger partial charge is 0.327 e. The molecule has 1 saturated heterocycles. The maximum atomic E-state index is 12.4. The van der Waals surface area contributed by atoms with Gasteiger partial charge in [-0.3, -0.25) is 4.90 Å². The Balaban J connectivity index is 2.15. The number of hydrogen-bond donors (Lipinski definition) is 3. The lowest BCUT2D eigenvalue weighted by Gasteiger charge is -2.25. The lowest BCUT2D eigenvalue weighted by atomic mass is 10.2. The molecule has 0 aromatic heterocycles. The van der Waals surface area contributed by atoms with Crippen LogP contribution in [0.15, 0.2) is 24.3 Å². The molecule has 7 heteroatoms. The van der Waals surface area contributed by atoms with Crippen molar-refractivity contribution in [3.05, 3.63) is 29.8 Å². The van der Waals surface area contributed by atoms with E-state index in [1.54, 1.807) is 0 Å². The minimum atomic E-state index is -0.967. The summed E-state index contributed by atoms with van der Waals surface area (Å²) in [6, 6.07) is 6.32. The van der Waals surface area contributed by atoms with Crippen molar-refractivity contribution in [1.29, 1.82) is 0 Å². The van der Waals surface area contributed by atoms with Crippen LogP contribution in [0.4, 0.5) is 10.5 Å². The summed E-state index contributed by atoms with van der Waals surface area (Å²) in [4.78, 5) is 25.0. The molecule has 1 aliphatic rings. The SMILES string of the molecule is CNCc1ccccc1NC(=O)N1C(C)SCC1C(=O)O. The number of carbonyl (C=O) groups excluding carboxylic acids is 1. The Morgan fingerprint density at radius 2 is 2.14 bits per heavy atom. The molecule has 0 saturated carbocycles. The maximum Gasteiger partial charge on any atom is 0.327 e. The number of nitrogens with zero attached hydrogens (tertiary/aromatic N) is 1. The first-order chi connectivity index (χ1) is 10.0. The van der Waals surface area contributed by atoms with Gasteiger partial charge in [-0.25, -0.2) is 9.59 Å². The van der Waals surface area contributed by atoms with Gasteiger partial charge >= 0.3 is 12.0 Å². The summed E-state index contributed by atoms with van der Waals surface area (Å²) < 4.78 is 0. The molecule has 0 aliphatic carbocycles. The minimum Gasteiger partial charge on any atom is -0.480 e. The number of thioether (sulfide) groups is 1. The molecule has 2 amide bonds. The molecule has 2 unspecified atom stereocenters. The molecule has 1 aromatic rings. The van der Waals surface area contributed by atoms with Crippen molar-refractivity contribution in [2.45, 2.75) is 24.9 Å². The molecule has 0 radical (unpaired) electrons. The Hall–Kier alpha value is -1.73. The third-order valence-electron chi connectivity index (χ3n) is 3.37. The average molecular weight is 309 g/mol. The van der Waals surface area contributed by atoms with Crippen LogP contribution in [0.1, 0.15) is 12.5 Å². The Bertz CT molecular complexity index is 538. The van der Waals surface area contributed by atoms with Gasteiger partial charge in [0.05, 0.1) is 5.37 Å². The summed E-state index contributed by atoms with van der Waals surface area (Å²) in [5.74, 6) is -0.548. The number of benzene rings is 1. The zero-order valence-corrected chi connectivity index (χ0v) is 12.8. The second-order valence-corrected chi connectivity index (χ2v) is 6.16. The van der Waals surface area contributed by atoms with Gasteiger partial charge in [0.15, 0.2) is 0 Å². The van der Waals surface area contributed by atoms with Crippen molar-refractivity contribution in [3.63, 3.8) is 0 Å². The molecule has 3 N–H and O–H groups in total. The minimum absolute atomic E-state index is 0.150. The van der Waals surface area contributed by atoms with Gasteiger partial charge in [0.25, 0.3) is 0 Å². The Kier molecular flexibility index (Phi) is 5.08. The molecular formula is C14H19N3O3S. The molecule has 0 spiro atoms. The highest BCUT2D eigenvalue weighted by molar-refractivity contribution is 8.00. The summed E-state index contributed by atoms with van der Waals surface area (Å²) in [5.41, 5.74) is 1.66. The molecule has 0 bridgehead atoms. The van der Waals surface area contributed by atoms with E-state index in [2.05, 4.69) is 10.6 Å². The van der Waals surface area contributed by atoms with Crippen LogP contribution in [0.3, 0.4) is 0 Å². The van der Waals surface area contributed by atoms with E-state index in [0.717, 1.165) is 5.56 Å². The van der Waals surface area contributed by atoms with Crippen LogP contribution in [0.5, 0.6) is 0 Å². The number of carboxylic acid groups (broad SMARTS) is 1. The predicted molar refractivity (Wildman–Crippen MR) is 83.4 cm³/mol. The highest BCUT2D eigenvalue weighted by Gasteiger charge is 2.39. The van der Waals surface area contributed by atoms with Gasteiger partial charge in [-0.15, -0.1) is 11.8 Å². The first-order valence-electron chi connectivity index (χ1n) is 6.70. The second kappa shape index (κ2) is 6.82. The Morgan fingerprint density at radius 1 is 1.43 bits per heavy atom. The van der Waals surface area contributed by atoms with Crippen molar-refractivity contribution in [2.75, 3.05) is 18.1 Å². The number of hydrogen-bond acceptors (Lipinski definition) is 4. The maximum absolute atomic E-state index is 12.4. The molecular weight excluding hydrogens is 290 g/mol. The van der Waals surface area contributed by atoms with E-state index in [1.165, 1.54) is 16.7 Å². The van der Waals surface area contributed by atoms with Crippen molar-refractivity contribution >= 4 is 29.4 Å². The molecule has 1 fully saturated rings. The molecule has 1 aliphatic heterocycles. The zero-order valence-electron chi connectivity index (χ0n) is 12.0. The highest BCUT2D eigenvalue weighted by Crippen LogP contribution is 2.29. The van der Waals surface area contributed by atoms with Gasteiger partial charge in [-0.2, -0.15) is 0 Å². The summed E-state index contributed by atoms with van der Waals surface area (Å²) in [6.07, 6.45) is 0. The molecule has 6 nitrogen and oxygen atoms in total. The average Bonchev–Trinajstić information content (AvgIpc) is 2.83. The topological polar surface area (TPSA) is 81.7 Å². The van der Waals surface area contributed by atoms with Crippen LogP contribution in [0.2, 0.25) is 0 Å². The monoisotopic (exact) mass is 309 g/mol. The predicted octanol–water partition coefficient (Wildman–Crippen LogP) is 1.79. The quantitative estimate of drug-likeness (QED) is 0.790. The third-order valence-corrected chi connectivity index (χ3v) is 4.59. The van der Waals surface area contributed by atoms with Gasteiger partial charge in [0.1, 0.15) is 6.04 Å². The third kappa shape index (κ3) is 3.48. The van der Waals surface area contributed by atoms with E-state index in [-0.39, 0.29) is 11.4 Å². The number of amides is 2. The summed E-state index contributed by atoms with van der Waals surface area (Å²) in [7, 11) is 1.83. The molecule has 2 atom stereocenters. The van der Waals surface area contributed by atoms with E-state index >= 15 is 0 Å². The number of anilines is 1. The zero-order chi connectivity index (χ0) is 15.4. The Morgan fingerprint density at radius 3 is 2.81 bits per heavy atom. The fraction of sp³-hybridized carbons (Fsp3) is 0.429. The van der Waals surface area contributed by atoms with Crippen LogP contribution in [0.25, 0.3) is 0 Å². The lowest BCUT2D eigenvalue weighted by molar-refractivity contribution is -0.141. The fourth-order valence-electron chi connectivity index (χ4n) is 2.31. The largest absolute Gasteiger partial charge is 0.480 e. The van der Waals surface area contributed by atoms with Crippen LogP contribution in [-0.2, 0) is 11.3 Å². The summed E-state index contributed by atoms with van der Waals surface area (Å²) >= 11 is 1.47. The fourth-order valence-corrected chi connectivity index (χ4v) is 3.48. The van der Waals surface area contributed by atoms with Crippen molar-refractivity contribution < 1.29 is 14.7 Å². The van der Waals surface area contributed by atoms with Crippen LogP contribution in [-0.4, -0.2) is 46.2 Å². The Labute approximate surface area is 127 Å². The van der Waals surface area contributed by atoms with Gasteiger partial charge in [-0.1, -0.05) is 18.2 Å². The number of carboxylic acids is 1.